The third-order valence-corrected chi connectivity index (χ3v) is 8.26. The standard InChI is InChI=1S/C24H15N3O2S2/c28-31(29,17-8-2-1-3-9-17)18-10-6-7-16(15-18)23-25-24-22-20(13-14-27(24)26-23)19-11-4-5-12-21(19)30-22/h1-15H. The van der Waals surface area contributed by atoms with Crippen molar-refractivity contribution in [2.75, 3.05) is 0 Å². The van der Waals surface area contributed by atoms with Gasteiger partial charge in [-0.2, -0.15) is 0 Å². The summed E-state index contributed by atoms with van der Waals surface area (Å²) in [5.41, 5.74) is 1.43. The van der Waals surface area contributed by atoms with Gasteiger partial charge in [0.15, 0.2) is 11.5 Å². The molecule has 0 amide bonds. The van der Waals surface area contributed by atoms with E-state index in [1.807, 2.05) is 24.4 Å². The van der Waals surface area contributed by atoms with E-state index in [9.17, 15) is 8.42 Å². The summed E-state index contributed by atoms with van der Waals surface area (Å²) < 4.78 is 30.1. The molecule has 0 aliphatic carbocycles. The third kappa shape index (κ3) is 2.85. The van der Waals surface area contributed by atoms with Crippen molar-refractivity contribution >= 4 is 47.0 Å². The van der Waals surface area contributed by atoms with E-state index in [0.29, 0.717) is 11.4 Å². The minimum Gasteiger partial charge on any atom is -0.219 e. The van der Waals surface area contributed by atoms with Crippen LogP contribution < -0.4 is 0 Å². The molecule has 0 aliphatic rings. The van der Waals surface area contributed by atoms with Crippen molar-refractivity contribution < 1.29 is 8.42 Å². The van der Waals surface area contributed by atoms with Crippen molar-refractivity contribution in [2.24, 2.45) is 0 Å². The van der Waals surface area contributed by atoms with Crippen LogP contribution in [0.5, 0.6) is 0 Å². The summed E-state index contributed by atoms with van der Waals surface area (Å²) in [6.07, 6.45) is 1.90. The monoisotopic (exact) mass is 441 g/mol. The number of pyridine rings is 1. The molecule has 0 aliphatic heterocycles. The lowest BCUT2D eigenvalue weighted by atomic mass is 10.2. The molecule has 6 rings (SSSR count). The summed E-state index contributed by atoms with van der Waals surface area (Å²) in [5.74, 6) is 0.495. The molecule has 3 aromatic carbocycles. The number of fused-ring (bicyclic) bond motifs is 5. The molecular weight excluding hydrogens is 426 g/mol. The Balaban J connectivity index is 1.51. The Kier molecular flexibility index (Phi) is 3.96. The van der Waals surface area contributed by atoms with Crippen LogP contribution in [0.15, 0.2) is 101 Å². The second-order valence-electron chi connectivity index (χ2n) is 7.20. The molecule has 0 radical (unpaired) electrons. The number of thiophene rings is 1. The number of sulfone groups is 1. The highest BCUT2D eigenvalue weighted by molar-refractivity contribution is 7.91. The Labute approximate surface area is 182 Å². The first-order valence-electron chi connectivity index (χ1n) is 9.68. The van der Waals surface area contributed by atoms with Crippen LogP contribution in [0.25, 0.3) is 37.2 Å². The van der Waals surface area contributed by atoms with Crippen molar-refractivity contribution in [3.05, 3.63) is 91.1 Å². The molecule has 0 saturated heterocycles. The number of rotatable bonds is 3. The van der Waals surface area contributed by atoms with E-state index in [-0.39, 0.29) is 9.79 Å². The molecule has 0 unspecified atom stereocenters. The van der Waals surface area contributed by atoms with Crippen LogP contribution in [0.1, 0.15) is 0 Å². The van der Waals surface area contributed by atoms with Gasteiger partial charge in [0, 0.05) is 27.2 Å². The topological polar surface area (TPSA) is 64.3 Å². The van der Waals surface area contributed by atoms with Crippen molar-refractivity contribution in [1.29, 1.82) is 0 Å². The van der Waals surface area contributed by atoms with Gasteiger partial charge < -0.3 is 0 Å². The molecule has 150 valence electrons. The highest BCUT2D eigenvalue weighted by atomic mass is 32.2. The molecule has 0 fully saturated rings. The summed E-state index contributed by atoms with van der Waals surface area (Å²) in [5, 5.41) is 6.96. The summed E-state index contributed by atoms with van der Waals surface area (Å²) in [4.78, 5) is 5.26. The molecule has 3 heterocycles. The fourth-order valence-corrected chi connectivity index (χ4v) is 6.28. The fourth-order valence-electron chi connectivity index (χ4n) is 3.78. The molecule has 7 heteroatoms. The second-order valence-corrected chi connectivity index (χ2v) is 10.2. The minimum absolute atomic E-state index is 0.224. The maximum absolute atomic E-state index is 13.0. The summed E-state index contributed by atoms with van der Waals surface area (Å²) >= 11 is 1.69. The van der Waals surface area contributed by atoms with Gasteiger partial charge in [-0.1, -0.05) is 48.5 Å². The molecule has 0 saturated carbocycles. The SMILES string of the molecule is O=S(=O)(c1ccccc1)c1cccc(-c2nc3c4sc5ccccc5c4ccn3n2)c1. The number of hydrogen-bond acceptors (Lipinski definition) is 5. The number of benzene rings is 3. The van der Waals surface area contributed by atoms with E-state index in [2.05, 4.69) is 23.3 Å². The van der Waals surface area contributed by atoms with Crippen LogP contribution in [0, 0.1) is 0 Å². The Morgan fingerprint density at radius 2 is 1.55 bits per heavy atom. The zero-order chi connectivity index (χ0) is 21.0. The van der Waals surface area contributed by atoms with E-state index in [4.69, 9.17) is 4.98 Å². The maximum atomic E-state index is 13.0. The number of nitrogens with zero attached hydrogens (tertiary/aromatic N) is 3. The van der Waals surface area contributed by atoms with Crippen LogP contribution in [0.3, 0.4) is 0 Å². The zero-order valence-electron chi connectivity index (χ0n) is 16.1. The normalized spacial score (nSPS) is 12.1. The van der Waals surface area contributed by atoms with E-state index >= 15 is 0 Å². The molecule has 0 atom stereocenters. The summed E-state index contributed by atoms with van der Waals surface area (Å²) in [6.45, 7) is 0. The van der Waals surface area contributed by atoms with Crippen molar-refractivity contribution in [2.45, 2.75) is 9.79 Å². The van der Waals surface area contributed by atoms with Crippen LogP contribution in [-0.2, 0) is 9.84 Å². The first-order valence-corrected chi connectivity index (χ1v) is 12.0. The Morgan fingerprint density at radius 1 is 0.774 bits per heavy atom. The zero-order valence-corrected chi connectivity index (χ0v) is 17.8. The quantitative estimate of drug-likeness (QED) is 0.359. The van der Waals surface area contributed by atoms with Gasteiger partial charge in [0.25, 0.3) is 0 Å². The van der Waals surface area contributed by atoms with Crippen LogP contribution in [0.2, 0.25) is 0 Å². The molecular formula is C24H15N3O2S2. The molecule has 0 N–H and O–H groups in total. The molecule has 0 bridgehead atoms. The average molecular weight is 442 g/mol. The maximum Gasteiger partial charge on any atom is 0.206 e. The van der Waals surface area contributed by atoms with Gasteiger partial charge in [-0.05, 0) is 36.4 Å². The van der Waals surface area contributed by atoms with Gasteiger partial charge in [-0.25, -0.2) is 17.9 Å². The fraction of sp³-hybridized carbons (Fsp3) is 0. The van der Waals surface area contributed by atoms with E-state index in [1.54, 1.807) is 64.4 Å². The lowest BCUT2D eigenvalue weighted by molar-refractivity contribution is 0.596. The lowest BCUT2D eigenvalue weighted by Gasteiger charge is -2.05. The van der Waals surface area contributed by atoms with Gasteiger partial charge >= 0.3 is 0 Å². The van der Waals surface area contributed by atoms with E-state index < -0.39 is 9.84 Å². The summed E-state index contributed by atoms with van der Waals surface area (Å²) in [6, 6.07) is 25.6. The van der Waals surface area contributed by atoms with E-state index in [1.165, 1.54) is 10.1 Å². The lowest BCUT2D eigenvalue weighted by Crippen LogP contribution is -2.01. The predicted octanol–water partition coefficient (Wildman–Crippen LogP) is 5.60. The van der Waals surface area contributed by atoms with Gasteiger partial charge in [0.05, 0.1) is 14.5 Å². The first-order chi connectivity index (χ1) is 15.1. The smallest absolute Gasteiger partial charge is 0.206 e. The number of aromatic nitrogens is 3. The van der Waals surface area contributed by atoms with Crippen LogP contribution >= 0.6 is 11.3 Å². The Hall–Kier alpha value is -3.55. The largest absolute Gasteiger partial charge is 0.219 e. The molecule has 0 spiro atoms. The van der Waals surface area contributed by atoms with E-state index in [0.717, 1.165) is 15.7 Å². The molecule has 3 aromatic heterocycles. The summed E-state index contributed by atoms with van der Waals surface area (Å²) in [7, 11) is -3.61. The van der Waals surface area contributed by atoms with Crippen molar-refractivity contribution in [3.63, 3.8) is 0 Å². The van der Waals surface area contributed by atoms with Crippen LogP contribution in [0.4, 0.5) is 0 Å². The predicted molar refractivity (Wildman–Crippen MR) is 123 cm³/mol. The molecule has 6 aromatic rings. The Morgan fingerprint density at radius 3 is 2.42 bits per heavy atom. The van der Waals surface area contributed by atoms with Gasteiger partial charge in [-0.15, -0.1) is 16.4 Å². The van der Waals surface area contributed by atoms with Crippen molar-refractivity contribution in [3.8, 4) is 11.4 Å². The Bertz CT molecular complexity index is 1700. The molecule has 31 heavy (non-hydrogen) atoms. The molecule has 5 nitrogen and oxygen atoms in total. The third-order valence-electron chi connectivity index (χ3n) is 5.31. The average Bonchev–Trinajstić information content (AvgIpc) is 3.41. The second kappa shape index (κ2) is 6.73. The highest BCUT2D eigenvalue weighted by Crippen LogP contribution is 2.36. The number of hydrogen-bond donors (Lipinski definition) is 0. The van der Waals surface area contributed by atoms with Crippen LogP contribution in [-0.4, -0.2) is 23.0 Å². The van der Waals surface area contributed by atoms with Gasteiger partial charge in [0.2, 0.25) is 9.84 Å². The minimum atomic E-state index is -3.61. The highest BCUT2D eigenvalue weighted by Gasteiger charge is 2.19. The van der Waals surface area contributed by atoms with Gasteiger partial charge in [-0.3, -0.25) is 0 Å². The van der Waals surface area contributed by atoms with Gasteiger partial charge in [0.1, 0.15) is 0 Å². The van der Waals surface area contributed by atoms with Crippen molar-refractivity contribution in [1.82, 2.24) is 14.6 Å². The first kappa shape index (κ1) is 18.2.